The molecule has 1 N–H and O–H groups in total. The minimum atomic E-state index is -0.333. The van der Waals surface area contributed by atoms with Crippen LogP contribution in [-0.2, 0) is 9.59 Å². The molecular formula is C17H30N2O2. The molecule has 2 aliphatic rings. The van der Waals surface area contributed by atoms with Crippen LogP contribution in [0.2, 0.25) is 0 Å². The third-order valence-electron chi connectivity index (χ3n) is 5.66. The van der Waals surface area contributed by atoms with Crippen molar-refractivity contribution >= 4 is 11.8 Å². The van der Waals surface area contributed by atoms with Crippen LogP contribution in [0.3, 0.4) is 0 Å². The molecule has 0 aromatic rings. The van der Waals surface area contributed by atoms with E-state index in [0.717, 1.165) is 19.4 Å². The Morgan fingerprint density at radius 3 is 2.52 bits per heavy atom. The van der Waals surface area contributed by atoms with E-state index in [1.807, 2.05) is 4.90 Å². The monoisotopic (exact) mass is 294 g/mol. The zero-order valence-corrected chi connectivity index (χ0v) is 13.8. The molecule has 1 aliphatic carbocycles. The summed E-state index contributed by atoms with van der Waals surface area (Å²) in [5, 5.41) is 2.93. The van der Waals surface area contributed by atoms with Gasteiger partial charge in [-0.15, -0.1) is 0 Å². The second kappa shape index (κ2) is 6.80. The third kappa shape index (κ3) is 3.58. The number of rotatable bonds is 5. The molecule has 0 radical (unpaired) electrons. The summed E-state index contributed by atoms with van der Waals surface area (Å²) in [6, 6.07) is -0.333. The SMILES string of the molecule is CCC(C)C1NC(=O)CCN(CC2(CC)CCCC2)C1=O. The molecular weight excluding hydrogens is 264 g/mol. The predicted octanol–water partition coefficient (Wildman–Crippen LogP) is 2.72. The fourth-order valence-electron chi connectivity index (χ4n) is 3.78. The lowest BCUT2D eigenvalue weighted by molar-refractivity contribution is -0.136. The zero-order valence-electron chi connectivity index (χ0n) is 13.8. The highest BCUT2D eigenvalue weighted by atomic mass is 16.2. The summed E-state index contributed by atoms with van der Waals surface area (Å²) < 4.78 is 0. The Morgan fingerprint density at radius 2 is 1.95 bits per heavy atom. The smallest absolute Gasteiger partial charge is 0.245 e. The van der Waals surface area contributed by atoms with Crippen molar-refractivity contribution in [2.75, 3.05) is 13.1 Å². The van der Waals surface area contributed by atoms with E-state index in [2.05, 4.69) is 26.1 Å². The Kier molecular flexibility index (Phi) is 5.28. The van der Waals surface area contributed by atoms with E-state index in [-0.39, 0.29) is 23.8 Å². The summed E-state index contributed by atoms with van der Waals surface area (Å²) in [5.41, 5.74) is 0.295. The summed E-state index contributed by atoms with van der Waals surface area (Å²) in [4.78, 5) is 26.7. The van der Waals surface area contributed by atoms with Gasteiger partial charge in [-0.3, -0.25) is 9.59 Å². The van der Waals surface area contributed by atoms with E-state index in [4.69, 9.17) is 0 Å². The highest BCUT2D eigenvalue weighted by Gasteiger charge is 2.39. The molecule has 21 heavy (non-hydrogen) atoms. The number of amides is 2. The van der Waals surface area contributed by atoms with Gasteiger partial charge in [-0.25, -0.2) is 0 Å². The van der Waals surface area contributed by atoms with Crippen molar-refractivity contribution in [1.29, 1.82) is 0 Å². The second-order valence-electron chi connectivity index (χ2n) is 7.00. The van der Waals surface area contributed by atoms with E-state index in [0.29, 0.717) is 18.4 Å². The number of carbonyl (C=O) groups excluding carboxylic acids is 2. The summed E-state index contributed by atoms with van der Waals surface area (Å²) in [7, 11) is 0. The van der Waals surface area contributed by atoms with Crippen molar-refractivity contribution < 1.29 is 9.59 Å². The maximum atomic E-state index is 12.8. The molecule has 0 bridgehead atoms. The van der Waals surface area contributed by atoms with Crippen molar-refractivity contribution in [3.63, 3.8) is 0 Å². The maximum Gasteiger partial charge on any atom is 0.245 e. The van der Waals surface area contributed by atoms with Crippen LogP contribution in [-0.4, -0.2) is 35.8 Å². The van der Waals surface area contributed by atoms with Gasteiger partial charge in [0.15, 0.2) is 0 Å². The quantitative estimate of drug-likeness (QED) is 0.847. The molecule has 2 amide bonds. The lowest BCUT2D eigenvalue weighted by Gasteiger charge is -2.36. The Labute approximate surface area is 128 Å². The molecule has 0 aromatic heterocycles. The first-order chi connectivity index (χ1) is 10.0. The number of hydrogen-bond acceptors (Lipinski definition) is 2. The van der Waals surface area contributed by atoms with Gasteiger partial charge in [0.05, 0.1) is 0 Å². The Hall–Kier alpha value is -1.06. The van der Waals surface area contributed by atoms with Crippen molar-refractivity contribution in [2.45, 2.75) is 71.8 Å². The van der Waals surface area contributed by atoms with E-state index in [1.165, 1.54) is 25.7 Å². The highest BCUT2D eigenvalue weighted by Crippen LogP contribution is 2.41. The molecule has 1 heterocycles. The van der Waals surface area contributed by atoms with Gasteiger partial charge in [0.25, 0.3) is 0 Å². The van der Waals surface area contributed by atoms with E-state index < -0.39 is 0 Å². The van der Waals surface area contributed by atoms with Crippen LogP contribution in [0.25, 0.3) is 0 Å². The first-order valence-electron chi connectivity index (χ1n) is 8.59. The lowest BCUT2D eigenvalue weighted by atomic mass is 9.82. The minimum absolute atomic E-state index is 0.0214. The molecule has 2 fully saturated rings. The predicted molar refractivity (Wildman–Crippen MR) is 83.8 cm³/mol. The van der Waals surface area contributed by atoms with Gasteiger partial charge >= 0.3 is 0 Å². The first kappa shape index (κ1) is 16.3. The fourth-order valence-corrected chi connectivity index (χ4v) is 3.78. The van der Waals surface area contributed by atoms with Gasteiger partial charge in [0.1, 0.15) is 6.04 Å². The van der Waals surface area contributed by atoms with Crippen molar-refractivity contribution in [2.24, 2.45) is 11.3 Å². The van der Waals surface area contributed by atoms with Crippen LogP contribution in [0.4, 0.5) is 0 Å². The third-order valence-corrected chi connectivity index (χ3v) is 5.66. The molecule has 2 unspecified atom stereocenters. The van der Waals surface area contributed by atoms with Gasteiger partial charge in [0, 0.05) is 19.5 Å². The minimum Gasteiger partial charge on any atom is -0.344 e. The lowest BCUT2D eigenvalue weighted by Crippen LogP contribution is -2.50. The Morgan fingerprint density at radius 1 is 1.29 bits per heavy atom. The first-order valence-corrected chi connectivity index (χ1v) is 8.59. The number of nitrogens with one attached hydrogen (secondary N) is 1. The molecule has 1 saturated carbocycles. The Balaban J connectivity index is 2.13. The largest absolute Gasteiger partial charge is 0.344 e. The van der Waals surface area contributed by atoms with Crippen LogP contribution < -0.4 is 5.32 Å². The van der Waals surface area contributed by atoms with Gasteiger partial charge in [0.2, 0.25) is 11.8 Å². The summed E-state index contributed by atoms with van der Waals surface area (Å²) >= 11 is 0. The van der Waals surface area contributed by atoms with E-state index in [1.54, 1.807) is 0 Å². The number of nitrogens with zero attached hydrogens (tertiary/aromatic N) is 1. The van der Waals surface area contributed by atoms with Gasteiger partial charge in [-0.05, 0) is 30.6 Å². The number of hydrogen-bond donors (Lipinski definition) is 1. The van der Waals surface area contributed by atoms with Gasteiger partial charge in [-0.2, -0.15) is 0 Å². The van der Waals surface area contributed by atoms with Crippen LogP contribution in [0.1, 0.15) is 65.7 Å². The molecule has 0 aromatic carbocycles. The topological polar surface area (TPSA) is 49.4 Å². The average Bonchev–Trinajstić information content (AvgIpc) is 2.91. The van der Waals surface area contributed by atoms with Crippen molar-refractivity contribution in [3.05, 3.63) is 0 Å². The maximum absolute atomic E-state index is 12.8. The molecule has 4 nitrogen and oxygen atoms in total. The summed E-state index contributed by atoms with van der Waals surface area (Å²) in [6.45, 7) is 7.79. The molecule has 4 heteroatoms. The van der Waals surface area contributed by atoms with Crippen LogP contribution in [0.15, 0.2) is 0 Å². The highest BCUT2D eigenvalue weighted by molar-refractivity contribution is 5.90. The summed E-state index contributed by atoms with van der Waals surface area (Å²) in [5.74, 6) is 0.353. The molecule has 2 rings (SSSR count). The van der Waals surface area contributed by atoms with Gasteiger partial charge < -0.3 is 10.2 Å². The molecule has 120 valence electrons. The van der Waals surface area contributed by atoms with Crippen LogP contribution in [0.5, 0.6) is 0 Å². The molecule has 2 atom stereocenters. The van der Waals surface area contributed by atoms with E-state index in [9.17, 15) is 9.59 Å². The van der Waals surface area contributed by atoms with Gasteiger partial charge in [-0.1, -0.05) is 40.0 Å². The van der Waals surface area contributed by atoms with E-state index >= 15 is 0 Å². The normalized spacial score (nSPS) is 27.4. The zero-order chi connectivity index (χ0) is 15.5. The fraction of sp³-hybridized carbons (Fsp3) is 0.882. The number of carbonyl (C=O) groups is 2. The molecule has 0 spiro atoms. The second-order valence-corrected chi connectivity index (χ2v) is 7.00. The average molecular weight is 294 g/mol. The summed E-state index contributed by atoms with van der Waals surface area (Å²) in [6.07, 6.45) is 7.49. The standard InChI is InChI=1S/C17H30N2O2/c1-4-13(3)15-16(21)19(11-8-14(20)18-15)12-17(5-2)9-6-7-10-17/h13,15H,4-12H2,1-3H3,(H,18,20). The van der Waals surface area contributed by atoms with Crippen LogP contribution in [0, 0.1) is 11.3 Å². The van der Waals surface area contributed by atoms with Crippen LogP contribution >= 0.6 is 0 Å². The van der Waals surface area contributed by atoms with Crippen molar-refractivity contribution in [3.8, 4) is 0 Å². The van der Waals surface area contributed by atoms with Crippen molar-refractivity contribution in [1.82, 2.24) is 10.2 Å². The Bertz CT molecular complexity index is 388. The molecule has 1 aliphatic heterocycles. The molecule has 1 saturated heterocycles.